The Morgan fingerprint density at radius 2 is 2.02 bits per heavy atom. The number of hydrogen-bond acceptors (Lipinski definition) is 11. The van der Waals surface area contributed by atoms with Crippen LogP contribution < -0.4 is 15.4 Å². The van der Waals surface area contributed by atoms with Crippen molar-refractivity contribution in [2.24, 2.45) is 0 Å². The lowest BCUT2D eigenvalue weighted by atomic mass is 9.92. The van der Waals surface area contributed by atoms with Crippen LogP contribution in [0.2, 0.25) is 0 Å². The lowest BCUT2D eigenvalue weighted by Crippen LogP contribution is -2.43. The number of carbonyl (C=O) groups is 1. The van der Waals surface area contributed by atoms with Gasteiger partial charge in [-0.3, -0.25) is 9.69 Å². The van der Waals surface area contributed by atoms with Crippen molar-refractivity contribution in [1.29, 1.82) is 5.26 Å². The summed E-state index contributed by atoms with van der Waals surface area (Å²) < 4.78 is 102. The third-order valence-electron chi connectivity index (χ3n) is 10.8. The average molecular weight is 787 g/mol. The smallest absolute Gasteiger partial charge is 0.417 e. The molecular weight excluding hydrogens is 755 g/mol. The van der Waals surface area contributed by atoms with Gasteiger partial charge < -0.3 is 20.3 Å². The van der Waals surface area contributed by atoms with Gasteiger partial charge in [0.1, 0.15) is 45.9 Å². The van der Waals surface area contributed by atoms with Crippen molar-refractivity contribution in [2.75, 3.05) is 50.0 Å². The van der Waals surface area contributed by atoms with Crippen molar-refractivity contribution < 1.29 is 35.9 Å². The van der Waals surface area contributed by atoms with E-state index in [1.807, 2.05) is 11.0 Å². The molecule has 2 aromatic carbocycles. The third kappa shape index (κ3) is 5.96. The van der Waals surface area contributed by atoms with Crippen LogP contribution in [-0.4, -0.2) is 87.1 Å². The van der Waals surface area contributed by atoms with Crippen molar-refractivity contribution in [3.63, 3.8) is 0 Å². The van der Waals surface area contributed by atoms with Crippen molar-refractivity contribution in [1.82, 2.24) is 24.1 Å². The first-order valence-corrected chi connectivity index (χ1v) is 18.9. The Morgan fingerprint density at radius 3 is 2.74 bits per heavy atom. The largest absolute Gasteiger partial charge is 0.461 e. The normalized spacial score (nSPS) is 21.6. The van der Waals surface area contributed by atoms with Gasteiger partial charge in [-0.2, -0.15) is 28.4 Å². The summed E-state index contributed by atoms with van der Waals surface area (Å²) in [5, 5.41) is 9.24. The number of likely N-dealkylation sites (N-methyl/N-ethyl adjacent to an activating group) is 1. The first kappa shape index (κ1) is 36.3. The minimum Gasteiger partial charge on any atom is -0.461 e. The maximum Gasteiger partial charge on any atom is 0.417 e. The maximum atomic E-state index is 17.3. The van der Waals surface area contributed by atoms with Crippen molar-refractivity contribution in [3.8, 4) is 23.2 Å². The summed E-state index contributed by atoms with van der Waals surface area (Å²) in [5.74, 6) is -2.49. The second kappa shape index (κ2) is 13.5. The molecule has 3 unspecified atom stereocenters. The first-order valence-electron chi connectivity index (χ1n) is 17.3. The SMILES string of the molecule is CCN(c1nc(OCC23CCCN2CC(F)C3)nc2c(F)c(-c3ccc(F)c4sc(N)c(C#N)c34)c(C(F)(F)F)cc12)C1CCN(C(=O)c2ccns2)C1. The highest BCUT2D eigenvalue weighted by Crippen LogP contribution is 2.48. The summed E-state index contributed by atoms with van der Waals surface area (Å²) in [5.41, 5.74) is 1.86. The quantitative estimate of drug-likeness (QED) is 0.160. The van der Waals surface area contributed by atoms with Crippen molar-refractivity contribution in [3.05, 3.63) is 58.1 Å². The van der Waals surface area contributed by atoms with E-state index >= 15 is 22.0 Å². The van der Waals surface area contributed by atoms with Crippen LogP contribution in [-0.2, 0) is 6.18 Å². The minimum absolute atomic E-state index is 0.0293. The summed E-state index contributed by atoms with van der Waals surface area (Å²) in [7, 11) is 0. The lowest BCUT2D eigenvalue weighted by Gasteiger charge is -2.32. The third-order valence-corrected chi connectivity index (χ3v) is 12.5. The van der Waals surface area contributed by atoms with E-state index in [4.69, 9.17) is 10.5 Å². The molecule has 282 valence electrons. The fourth-order valence-corrected chi connectivity index (χ4v) is 9.87. The number of nitrogens with zero attached hydrogens (tertiary/aromatic N) is 7. The van der Waals surface area contributed by atoms with Gasteiger partial charge in [-0.05, 0) is 68.0 Å². The van der Waals surface area contributed by atoms with Gasteiger partial charge in [-0.1, -0.05) is 6.07 Å². The van der Waals surface area contributed by atoms with Crippen LogP contribution in [0.25, 0.3) is 32.1 Å². The zero-order valence-corrected chi connectivity index (χ0v) is 30.4. The molecule has 3 aliphatic heterocycles. The van der Waals surface area contributed by atoms with Crippen molar-refractivity contribution in [2.45, 2.75) is 56.5 Å². The number of halogens is 6. The number of anilines is 2. The predicted molar refractivity (Wildman–Crippen MR) is 192 cm³/mol. The van der Waals surface area contributed by atoms with Gasteiger partial charge >= 0.3 is 12.2 Å². The van der Waals surface area contributed by atoms with Crippen LogP contribution in [0.15, 0.2) is 30.5 Å². The van der Waals surface area contributed by atoms with E-state index < -0.39 is 52.2 Å². The number of rotatable bonds is 8. The Balaban J connectivity index is 1.31. The standard InChI is InChI=1S/C36H32F6N8O2S2/c1-2-50(19-7-11-48(16-19)33(51)25-6-9-45-54-25)32-21-12-23(36(40,41)42)27(20-4-5-24(38)30-26(20)22(14-43)31(44)53-30)28(39)29(21)46-34(47-32)52-17-35-8-3-10-49(35)15-18(37)13-35/h4-6,9,12,18-19H,2-3,7-8,10-11,13,15-17,44H2,1H3. The monoisotopic (exact) mass is 786 g/mol. The number of amides is 1. The molecule has 6 heterocycles. The molecule has 1 amide bonds. The molecule has 10 nitrogen and oxygen atoms in total. The molecule has 2 N–H and O–H groups in total. The molecular formula is C36H32F6N8O2S2. The fourth-order valence-electron chi connectivity index (χ4n) is 8.36. The number of ether oxygens (including phenoxy) is 1. The Kier molecular flexibility index (Phi) is 9.09. The molecule has 0 saturated carbocycles. The number of nitriles is 1. The van der Waals surface area contributed by atoms with Gasteiger partial charge in [0.05, 0.1) is 21.4 Å². The van der Waals surface area contributed by atoms with E-state index in [1.54, 1.807) is 22.8 Å². The van der Waals surface area contributed by atoms with Gasteiger partial charge in [0, 0.05) is 61.2 Å². The summed E-state index contributed by atoms with van der Waals surface area (Å²) in [6.45, 7) is 3.44. The van der Waals surface area contributed by atoms with Crippen LogP contribution in [0, 0.1) is 23.0 Å². The fraction of sp³-hybridized carbons (Fsp3) is 0.417. The van der Waals surface area contributed by atoms with E-state index in [-0.39, 0.29) is 82.0 Å². The Morgan fingerprint density at radius 1 is 1.20 bits per heavy atom. The zero-order chi connectivity index (χ0) is 38.1. The summed E-state index contributed by atoms with van der Waals surface area (Å²) in [6, 6.07) is 5.36. The van der Waals surface area contributed by atoms with Gasteiger partial charge in [0.15, 0.2) is 5.82 Å². The van der Waals surface area contributed by atoms with Crippen molar-refractivity contribution >= 4 is 60.6 Å². The van der Waals surface area contributed by atoms with Gasteiger partial charge in [0.2, 0.25) is 0 Å². The molecule has 3 fully saturated rings. The number of nitrogens with two attached hydrogens (primary N) is 1. The molecule has 3 aliphatic rings. The number of aromatic nitrogens is 3. The number of nitrogen functional groups attached to an aromatic ring is 1. The van der Waals surface area contributed by atoms with E-state index in [9.17, 15) is 14.4 Å². The number of carbonyl (C=O) groups excluding carboxylic acids is 1. The minimum atomic E-state index is -5.13. The molecule has 3 saturated heterocycles. The Hall–Kier alpha value is -4.73. The number of likely N-dealkylation sites (tertiary alicyclic amines) is 1. The number of hydrogen-bond donors (Lipinski definition) is 1. The molecule has 3 aromatic heterocycles. The summed E-state index contributed by atoms with van der Waals surface area (Å²) >= 11 is 1.73. The van der Waals surface area contributed by atoms with E-state index in [2.05, 4.69) is 14.3 Å². The number of fused-ring (bicyclic) bond motifs is 3. The molecule has 5 aromatic rings. The number of benzene rings is 2. The topological polar surface area (TPSA) is 125 Å². The van der Waals surface area contributed by atoms with Crippen LogP contribution in [0.1, 0.15) is 53.4 Å². The molecule has 0 spiro atoms. The van der Waals surface area contributed by atoms with Crippen LogP contribution in [0.5, 0.6) is 6.01 Å². The van der Waals surface area contributed by atoms with Gasteiger partial charge in [-0.25, -0.2) is 17.5 Å². The van der Waals surface area contributed by atoms with Gasteiger partial charge in [-0.15, -0.1) is 11.3 Å². The van der Waals surface area contributed by atoms with E-state index in [0.29, 0.717) is 42.1 Å². The molecule has 18 heteroatoms. The second-order valence-electron chi connectivity index (χ2n) is 13.8. The highest BCUT2D eigenvalue weighted by Gasteiger charge is 2.49. The maximum absolute atomic E-state index is 17.3. The molecule has 0 bridgehead atoms. The van der Waals surface area contributed by atoms with E-state index in [0.717, 1.165) is 36.2 Å². The zero-order valence-electron chi connectivity index (χ0n) is 28.7. The number of alkyl halides is 4. The molecule has 3 atom stereocenters. The lowest BCUT2D eigenvalue weighted by molar-refractivity contribution is -0.137. The molecule has 8 rings (SSSR count). The first-order chi connectivity index (χ1) is 25.8. The van der Waals surface area contributed by atoms with E-state index in [1.165, 1.54) is 6.20 Å². The Labute approximate surface area is 312 Å². The highest BCUT2D eigenvalue weighted by molar-refractivity contribution is 7.23. The predicted octanol–water partition coefficient (Wildman–Crippen LogP) is 7.42. The highest BCUT2D eigenvalue weighted by atomic mass is 32.1. The van der Waals surface area contributed by atoms with Gasteiger partial charge in [0.25, 0.3) is 5.91 Å². The van der Waals surface area contributed by atoms with Crippen LogP contribution >= 0.6 is 22.9 Å². The Bertz CT molecular complexity index is 2330. The molecule has 54 heavy (non-hydrogen) atoms. The molecule has 0 radical (unpaired) electrons. The molecule has 0 aliphatic carbocycles. The summed E-state index contributed by atoms with van der Waals surface area (Å²) in [6.07, 6.45) is -2.54. The average Bonchev–Trinajstić information content (AvgIpc) is 3.97. The second-order valence-corrected chi connectivity index (χ2v) is 15.7. The number of thiophene rings is 1. The van der Waals surface area contributed by atoms with Crippen LogP contribution in [0.4, 0.5) is 37.2 Å². The summed E-state index contributed by atoms with van der Waals surface area (Å²) in [4.78, 5) is 28.0. The van der Waals surface area contributed by atoms with Crippen LogP contribution in [0.3, 0.4) is 0 Å².